The van der Waals surface area contributed by atoms with Gasteiger partial charge in [-0.1, -0.05) is 48.5 Å². The first kappa shape index (κ1) is 67.6. The second kappa shape index (κ2) is 29.1. The summed E-state index contributed by atoms with van der Waals surface area (Å²) < 4.78 is 53.4. The van der Waals surface area contributed by atoms with E-state index in [-0.39, 0.29) is 115 Å². The molecule has 0 saturated carbocycles. The van der Waals surface area contributed by atoms with Crippen LogP contribution in [-0.4, -0.2) is 234 Å². The zero-order valence-corrected chi connectivity index (χ0v) is 60.3. The number of quaternary nitrogens is 4. The van der Waals surface area contributed by atoms with Crippen LogP contribution in [-0.2, 0) is 38.4 Å². The van der Waals surface area contributed by atoms with Crippen molar-refractivity contribution in [2.45, 2.75) is 0 Å². The van der Waals surface area contributed by atoms with Gasteiger partial charge in [0.1, 0.15) is 128 Å². The van der Waals surface area contributed by atoms with Crippen molar-refractivity contribution in [2.24, 2.45) is 0 Å². The minimum atomic E-state index is 0. The molecule has 6 aliphatic rings. The van der Waals surface area contributed by atoms with Gasteiger partial charge in [0.25, 0.3) is 0 Å². The normalized spacial score (nSPS) is 17.9. The number of nitrogens with zero attached hydrogens (tertiary/aromatic N) is 12. The topological polar surface area (TPSA) is 179 Å². The molecule has 8 bridgehead atoms. The van der Waals surface area contributed by atoms with E-state index in [4.69, 9.17) is 77.8 Å². The van der Waals surface area contributed by atoms with Crippen molar-refractivity contribution in [3.63, 3.8) is 0 Å². The average Bonchev–Trinajstić information content (AvgIpc) is 4.40. The largest absolute Gasteiger partial charge is 2.00 e. The number of hydrogen-bond donors (Lipinski definition) is 0. The van der Waals surface area contributed by atoms with Crippen LogP contribution in [0.2, 0.25) is 0 Å². The van der Waals surface area contributed by atoms with E-state index in [0.29, 0.717) is 95.3 Å². The Bertz CT molecular complexity index is 3400. The first-order chi connectivity index (χ1) is 39.0. The SMILES string of the molecule is C[N+]1(CCOc2cccc3c2-c2nc-3nc3[n-]c(nc4nc(nc5[n-]c(n2)c2cccc(OCC[N+]6(C)CCOCC6)c52)-c2cccc(OCC[N+]5(C)CCOCC5)c2-4)c2cccc(OCC[N+]4(C)CCOCC4)c32)CCOCC1.[I-].[I-].[I-].[I-].[Zn+2]. The summed E-state index contributed by atoms with van der Waals surface area (Å²) in [7, 11) is 9.05. The third kappa shape index (κ3) is 14.6. The Balaban J connectivity index is 0.00000188. The van der Waals surface area contributed by atoms with Crippen LogP contribution >= 0.6 is 0 Å². The Hall–Kier alpha value is -3.34. The summed E-state index contributed by atoms with van der Waals surface area (Å²) in [5, 5.41) is 2.94. The van der Waals surface area contributed by atoms with Gasteiger partial charge in [0, 0.05) is 44.5 Å². The van der Waals surface area contributed by atoms with Gasteiger partial charge in [-0.25, -0.2) is 9.97 Å². The van der Waals surface area contributed by atoms with E-state index >= 15 is 0 Å². The number of fused-ring (bicyclic) bond motifs is 20. The van der Waals surface area contributed by atoms with Crippen LogP contribution in [0.1, 0.15) is 0 Å². The smallest absolute Gasteiger partial charge is 1.00 e. The molecule has 0 radical (unpaired) electrons. The quantitative estimate of drug-likeness (QED) is 0.0507. The summed E-state index contributed by atoms with van der Waals surface area (Å²) in [6.07, 6.45) is 0. The third-order valence-corrected chi connectivity index (χ3v) is 17.4. The van der Waals surface area contributed by atoms with Crippen LogP contribution < -0.4 is 125 Å². The Morgan fingerprint density at radius 2 is 0.647 bits per heavy atom. The van der Waals surface area contributed by atoms with Gasteiger partial charge >= 0.3 is 19.5 Å². The molecule has 7 aromatic rings. The van der Waals surface area contributed by atoms with Crippen LogP contribution in [0.3, 0.4) is 0 Å². The fourth-order valence-corrected chi connectivity index (χ4v) is 11.7. The number of morpholine rings is 4. The molecule has 0 spiro atoms. The van der Waals surface area contributed by atoms with E-state index in [9.17, 15) is 0 Å². The molecule has 6 aliphatic heterocycles. The molecule has 0 aliphatic carbocycles. The van der Waals surface area contributed by atoms with Gasteiger partial charge in [0.15, 0.2) is 0 Å². The van der Waals surface area contributed by atoms with Crippen LogP contribution in [0.25, 0.3) is 89.7 Å². The van der Waals surface area contributed by atoms with Crippen LogP contribution in [0.4, 0.5) is 0 Å². The maximum Gasteiger partial charge on any atom is 2.00 e. The van der Waals surface area contributed by atoms with Gasteiger partial charge < -0.3 is 182 Å². The minimum Gasteiger partial charge on any atom is -1.00 e. The monoisotopic (exact) mass is 1660 g/mol. The van der Waals surface area contributed by atoms with Crippen LogP contribution in [0, 0.1) is 0 Å². The van der Waals surface area contributed by atoms with Gasteiger partial charge in [-0.15, -0.1) is 0 Å². The van der Waals surface area contributed by atoms with Crippen molar-refractivity contribution in [3.8, 4) is 68.5 Å². The molecule has 450 valence electrons. The Morgan fingerprint density at radius 1 is 0.365 bits per heavy atom. The Labute approximate surface area is 577 Å². The molecule has 13 rings (SSSR count). The number of benzene rings is 4. The summed E-state index contributed by atoms with van der Waals surface area (Å²) in [4.78, 5) is 42.7. The van der Waals surface area contributed by atoms with Gasteiger partial charge in [-0.2, -0.15) is 0 Å². The molecule has 0 unspecified atom stereocenters. The molecule has 4 fully saturated rings. The molecule has 4 aromatic carbocycles. The molecular formula is C60H72I4N12O8Zn. The second-order valence-corrected chi connectivity index (χ2v) is 23.2. The fourth-order valence-electron chi connectivity index (χ4n) is 11.7. The predicted molar refractivity (Wildman–Crippen MR) is 302 cm³/mol. The van der Waals surface area contributed by atoms with Crippen molar-refractivity contribution in [2.75, 3.05) is 186 Å². The molecule has 0 N–H and O–H groups in total. The summed E-state index contributed by atoms with van der Waals surface area (Å²) >= 11 is 0. The molecular weight excluding hydrogens is 1590 g/mol. The van der Waals surface area contributed by atoms with Crippen LogP contribution in [0.5, 0.6) is 23.0 Å². The van der Waals surface area contributed by atoms with Crippen molar-refractivity contribution in [1.82, 2.24) is 39.9 Å². The summed E-state index contributed by atoms with van der Waals surface area (Å²) in [6, 6.07) is 23.9. The van der Waals surface area contributed by atoms with Crippen LogP contribution in [0.15, 0.2) is 72.8 Å². The summed E-state index contributed by atoms with van der Waals surface area (Å²) in [5.74, 6) is 4.25. The number of ether oxygens (including phenoxy) is 8. The van der Waals surface area contributed by atoms with E-state index in [1.54, 1.807) is 0 Å². The average molecular weight is 1660 g/mol. The third-order valence-electron chi connectivity index (χ3n) is 17.4. The molecule has 3 aromatic heterocycles. The van der Waals surface area contributed by atoms with E-state index in [1.807, 2.05) is 72.8 Å². The van der Waals surface area contributed by atoms with E-state index < -0.39 is 0 Å². The maximum absolute atomic E-state index is 6.78. The maximum atomic E-state index is 6.78. The Morgan fingerprint density at radius 3 is 0.976 bits per heavy atom. The number of aromatic nitrogens is 8. The molecule has 4 saturated heterocycles. The minimum absolute atomic E-state index is 0. The van der Waals surface area contributed by atoms with Gasteiger partial charge in [0.05, 0.1) is 115 Å². The van der Waals surface area contributed by atoms with E-state index in [1.165, 1.54) is 0 Å². The number of halogens is 4. The van der Waals surface area contributed by atoms with Crippen molar-refractivity contribution >= 4 is 44.1 Å². The molecule has 20 nitrogen and oxygen atoms in total. The molecule has 0 amide bonds. The molecule has 9 heterocycles. The van der Waals surface area contributed by atoms with Crippen molar-refractivity contribution in [1.29, 1.82) is 0 Å². The van der Waals surface area contributed by atoms with E-state index in [2.05, 4.69) is 28.2 Å². The predicted octanol–water partition coefficient (Wildman–Crippen LogP) is -6.44. The molecule has 0 atom stereocenters. The number of likely N-dealkylation sites (N-methyl/N-ethyl adjacent to an activating group) is 4. The zero-order chi connectivity index (χ0) is 54.3. The van der Waals surface area contributed by atoms with Crippen molar-refractivity contribution in [3.05, 3.63) is 72.8 Å². The fraction of sp³-hybridized carbons (Fsp3) is 0.467. The Kier molecular flexibility index (Phi) is 23.1. The van der Waals surface area contributed by atoms with Gasteiger partial charge in [-0.3, -0.25) is 0 Å². The second-order valence-electron chi connectivity index (χ2n) is 23.2. The molecule has 25 heteroatoms. The van der Waals surface area contributed by atoms with Gasteiger partial charge in [-0.05, 0) is 35.0 Å². The zero-order valence-electron chi connectivity index (χ0n) is 48.8. The standard InChI is InChI=1S/C60H72N12O8.4HI.Zn/c1-69(17-29-73-30-18-69)25-37-77-45-13-5-9-41-49(45)57-61-53(41)66-58-51-43(11-7-15-47(51)79-39-27-71(3)21-33-75-34-22-71)55(63-58)68-60-52-44(12-8-16-48(52)80-40-28-72(4)23-35-76-36-24-72)56(64-60)67-59-50-42(54(62-59)65-57)10-6-14-46(50)78-38-26-70(2)19-31-74-32-20-70;;;;;/h5-16H,17-40H2,1-4H3;4*1H;/q+2;;;;;+2/p-4. The number of rotatable bonds is 16. The summed E-state index contributed by atoms with van der Waals surface area (Å²) in [6.45, 7) is 18.4. The van der Waals surface area contributed by atoms with Gasteiger partial charge in [0.2, 0.25) is 0 Å². The molecule has 85 heavy (non-hydrogen) atoms. The van der Waals surface area contributed by atoms with E-state index in [0.717, 1.165) is 193 Å². The number of hydrogen-bond acceptors (Lipinski definition) is 14. The first-order valence-electron chi connectivity index (χ1n) is 28.4. The van der Waals surface area contributed by atoms with Crippen molar-refractivity contribution < 1.29 is 171 Å². The summed E-state index contributed by atoms with van der Waals surface area (Å²) in [5.41, 5.74) is 4.60. The first-order valence-corrected chi connectivity index (χ1v) is 28.4.